The van der Waals surface area contributed by atoms with Crippen molar-refractivity contribution in [1.29, 1.82) is 0 Å². The first-order valence-electron chi connectivity index (χ1n) is 8.38. The van der Waals surface area contributed by atoms with Crippen LogP contribution in [0.15, 0.2) is 40.1 Å². The van der Waals surface area contributed by atoms with Gasteiger partial charge in [-0.25, -0.2) is 8.78 Å². The molecule has 3 aromatic rings. The van der Waals surface area contributed by atoms with Gasteiger partial charge in [-0.05, 0) is 36.5 Å². The second-order valence-electron chi connectivity index (χ2n) is 5.87. The number of rotatable bonds is 8. The van der Waals surface area contributed by atoms with Crippen molar-refractivity contribution in [2.75, 3.05) is 18.4 Å². The van der Waals surface area contributed by atoms with Crippen molar-refractivity contribution in [3.8, 4) is 10.8 Å². The Morgan fingerprint density at radius 1 is 1.26 bits per heavy atom. The SMILES string of the molecule is CCCN(CC(=O)Nc1ccc(F)c(F)c1)Cc1nnc(-c2cccs2)o1. The smallest absolute Gasteiger partial charge is 0.257 e. The Kier molecular flexibility index (Phi) is 6.25. The van der Waals surface area contributed by atoms with Crippen LogP contribution in [-0.2, 0) is 11.3 Å². The summed E-state index contributed by atoms with van der Waals surface area (Å²) in [6.07, 6.45) is 0.824. The molecule has 0 radical (unpaired) electrons. The Bertz CT molecular complexity index is 899. The van der Waals surface area contributed by atoms with Crippen LogP contribution < -0.4 is 5.32 Å². The van der Waals surface area contributed by atoms with Gasteiger partial charge in [0.25, 0.3) is 5.89 Å². The molecule has 9 heteroatoms. The van der Waals surface area contributed by atoms with E-state index in [4.69, 9.17) is 4.42 Å². The minimum atomic E-state index is -1.01. The maximum absolute atomic E-state index is 13.3. The average molecular weight is 392 g/mol. The Morgan fingerprint density at radius 2 is 2.11 bits per heavy atom. The monoisotopic (exact) mass is 392 g/mol. The summed E-state index contributed by atoms with van der Waals surface area (Å²) >= 11 is 1.50. The third kappa shape index (κ3) is 5.18. The number of halogens is 2. The number of nitrogens with one attached hydrogen (secondary N) is 1. The molecule has 0 fully saturated rings. The van der Waals surface area contributed by atoms with Crippen LogP contribution in [0.25, 0.3) is 10.8 Å². The van der Waals surface area contributed by atoms with Crippen molar-refractivity contribution in [2.24, 2.45) is 0 Å². The van der Waals surface area contributed by atoms with Gasteiger partial charge >= 0.3 is 0 Å². The van der Waals surface area contributed by atoms with Crippen molar-refractivity contribution in [1.82, 2.24) is 15.1 Å². The van der Waals surface area contributed by atoms with Gasteiger partial charge in [0.15, 0.2) is 11.6 Å². The molecular formula is C18H18F2N4O2S. The standard InChI is InChI=1S/C18H18F2N4O2S/c1-2-7-24(10-16(25)21-12-5-6-13(19)14(20)9-12)11-17-22-23-18(26-17)15-4-3-8-27-15/h3-6,8-9H,2,7,10-11H2,1H3,(H,21,25). The van der Waals surface area contributed by atoms with Gasteiger partial charge < -0.3 is 9.73 Å². The quantitative estimate of drug-likeness (QED) is 0.629. The van der Waals surface area contributed by atoms with E-state index >= 15 is 0 Å². The first-order valence-corrected chi connectivity index (χ1v) is 9.26. The van der Waals surface area contributed by atoms with E-state index in [1.54, 1.807) is 0 Å². The molecule has 1 N–H and O–H groups in total. The molecule has 0 unspecified atom stereocenters. The fourth-order valence-corrected chi connectivity index (χ4v) is 3.16. The van der Waals surface area contributed by atoms with E-state index in [2.05, 4.69) is 15.5 Å². The maximum Gasteiger partial charge on any atom is 0.257 e. The molecular weight excluding hydrogens is 374 g/mol. The number of carbonyl (C=O) groups excluding carboxylic acids is 1. The number of aromatic nitrogens is 2. The van der Waals surface area contributed by atoms with Crippen LogP contribution >= 0.6 is 11.3 Å². The summed E-state index contributed by atoms with van der Waals surface area (Å²) in [7, 11) is 0. The van der Waals surface area contributed by atoms with Crippen molar-refractivity contribution < 1.29 is 18.0 Å². The van der Waals surface area contributed by atoms with Crippen LogP contribution in [0, 0.1) is 11.6 Å². The normalized spacial score (nSPS) is 11.1. The second kappa shape index (κ2) is 8.83. The van der Waals surface area contributed by atoms with Gasteiger partial charge in [-0.15, -0.1) is 21.5 Å². The minimum absolute atomic E-state index is 0.0591. The third-order valence-corrected chi connectivity index (χ3v) is 4.53. The lowest BCUT2D eigenvalue weighted by Crippen LogP contribution is -2.33. The van der Waals surface area contributed by atoms with E-state index in [1.165, 1.54) is 17.4 Å². The number of nitrogens with zero attached hydrogens (tertiary/aromatic N) is 3. The van der Waals surface area contributed by atoms with Gasteiger partial charge in [0.2, 0.25) is 11.8 Å². The lowest BCUT2D eigenvalue weighted by Gasteiger charge is -2.19. The van der Waals surface area contributed by atoms with Gasteiger partial charge in [-0.3, -0.25) is 9.69 Å². The van der Waals surface area contributed by atoms with Gasteiger partial charge in [-0.1, -0.05) is 13.0 Å². The van der Waals surface area contributed by atoms with Crippen molar-refractivity contribution in [3.63, 3.8) is 0 Å². The van der Waals surface area contributed by atoms with Crippen LogP contribution in [-0.4, -0.2) is 34.1 Å². The summed E-state index contributed by atoms with van der Waals surface area (Å²) in [5.41, 5.74) is 0.202. The Hall–Kier alpha value is -2.65. The molecule has 0 aliphatic rings. The summed E-state index contributed by atoms with van der Waals surface area (Å²) in [4.78, 5) is 15.0. The van der Waals surface area contributed by atoms with Crippen molar-refractivity contribution >= 4 is 22.9 Å². The fraction of sp³-hybridized carbons (Fsp3) is 0.278. The summed E-state index contributed by atoms with van der Waals surface area (Å²) in [5.74, 6) is -1.45. The predicted molar refractivity (Wildman–Crippen MR) is 98.2 cm³/mol. The number of benzene rings is 1. The van der Waals surface area contributed by atoms with Gasteiger partial charge in [0.1, 0.15) is 0 Å². The molecule has 0 saturated heterocycles. The first kappa shape index (κ1) is 19.1. The Balaban J connectivity index is 1.61. The summed E-state index contributed by atoms with van der Waals surface area (Å²) in [6.45, 7) is 3.01. The molecule has 0 saturated carbocycles. The number of anilines is 1. The van der Waals surface area contributed by atoms with Crippen LogP contribution in [0.4, 0.5) is 14.5 Å². The average Bonchev–Trinajstić information content (AvgIpc) is 3.29. The summed E-state index contributed by atoms with van der Waals surface area (Å²) in [6, 6.07) is 7.02. The lowest BCUT2D eigenvalue weighted by molar-refractivity contribution is -0.117. The Morgan fingerprint density at radius 3 is 2.81 bits per heavy atom. The Labute approximate surface area is 158 Å². The van der Waals surface area contributed by atoms with Gasteiger partial charge in [-0.2, -0.15) is 0 Å². The van der Waals surface area contributed by atoms with E-state index in [9.17, 15) is 13.6 Å². The molecule has 3 rings (SSSR count). The molecule has 1 aromatic carbocycles. The molecule has 2 aromatic heterocycles. The predicted octanol–water partition coefficient (Wildman–Crippen LogP) is 3.93. The molecule has 0 bridgehead atoms. The molecule has 1 amide bonds. The van der Waals surface area contributed by atoms with Gasteiger partial charge in [0, 0.05) is 11.8 Å². The molecule has 0 atom stereocenters. The lowest BCUT2D eigenvalue weighted by atomic mass is 10.3. The fourth-order valence-electron chi connectivity index (χ4n) is 2.52. The number of carbonyl (C=O) groups is 1. The van der Waals surface area contributed by atoms with Crippen LogP contribution in [0.3, 0.4) is 0 Å². The largest absolute Gasteiger partial charge is 0.419 e. The van der Waals surface area contributed by atoms with Gasteiger partial charge in [0.05, 0.1) is 18.0 Å². The number of hydrogen-bond acceptors (Lipinski definition) is 6. The molecule has 0 spiro atoms. The zero-order valence-corrected chi connectivity index (χ0v) is 15.4. The molecule has 0 aliphatic heterocycles. The zero-order chi connectivity index (χ0) is 19.2. The molecule has 27 heavy (non-hydrogen) atoms. The zero-order valence-electron chi connectivity index (χ0n) is 14.6. The highest BCUT2D eigenvalue weighted by molar-refractivity contribution is 7.13. The highest BCUT2D eigenvalue weighted by Crippen LogP contribution is 2.23. The highest BCUT2D eigenvalue weighted by atomic mass is 32.1. The van der Waals surface area contributed by atoms with E-state index < -0.39 is 11.6 Å². The first-order chi connectivity index (χ1) is 13.0. The van der Waals surface area contributed by atoms with Crippen molar-refractivity contribution in [2.45, 2.75) is 19.9 Å². The molecule has 2 heterocycles. The number of amides is 1. The van der Waals surface area contributed by atoms with Crippen LogP contribution in [0.2, 0.25) is 0 Å². The van der Waals surface area contributed by atoms with E-state index in [-0.39, 0.29) is 18.1 Å². The molecule has 142 valence electrons. The topological polar surface area (TPSA) is 71.3 Å². The second-order valence-corrected chi connectivity index (χ2v) is 6.81. The molecule has 0 aliphatic carbocycles. The van der Waals surface area contributed by atoms with E-state index in [0.717, 1.165) is 23.4 Å². The van der Waals surface area contributed by atoms with E-state index in [1.807, 2.05) is 29.3 Å². The van der Waals surface area contributed by atoms with Crippen LogP contribution in [0.1, 0.15) is 19.2 Å². The highest BCUT2D eigenvalue weighted by Gasteiger charge is 2.16. The van der Waals surface area contributed by atoms with E-state index in [0.29, 0.717) is 24.9 Å². The van der Waals surface area contributed by atoms with Crippen LogP contribution in [0.5, 0.6) is 0 Å². The summed E-state index contributed by atoms with van der Waals surface area (Å²) in [5, 5.41) is 12.5. The minimum Gasteiger partial charge on any atom is -0.419 e. The number of hydrogen-bond donors (Lipinski definition) is 1. The molecule has 6 nitrogen and oxygen atoms in total. The number of thiophene rings is 1. The maximum atomic E-state index is 13.3. The summed E-state index contributed by atoms with van der Waals surface area (Å²) < 4.78 is 31.9. The van der Waals surface area contributed by atoms with Crippen molar-refractivity contribution in [3.05, 3.63) is 53.2 Å². The third-order valence-electron chi connectivity index (χ3n) is 3.67.